The third kappa shape index (κ3) is 5.37. The van der Waals surface area contributed by atoms with Gasteiger partial charge in [-0.2, -0.15) is 0 Å². The van der Waals surface area contributed by atoms with Gasteiger partial charge in [0.1, 0.15) is 0 Å². The zero-order valence-electron chi connectivity index (χ0n) is 17.9. The van der Waals surface area contributed by atoms with Crippen molar-refractivity contribution in [2.75, 3.05) is 38.6 Å². The van der Waals surface area contributed by atoms with Gasteiger partial charge in [0, 0.05) is 41.1 Å². The second kappa shape index (κ2) is 10.3. The highest BCUT2D eigenvalue weighted by Gasteiger charge is 2.11. The predicted molar refractivity (Wildman–Crippen MR) is 123 cm³/mol. The molecule has 1 aliphatic heterocycles. The fourth-order valence-electron chi connectivity index (χ4n) is 4.02. The number of carbonyl (C=O) groups excluding carboxylic acids is 1. The molecule has 0 radical (unpaired) electrons. The monoisotopic (exact) mass is 419 g/mol. The molecule has 0 bridgehead atoms. The van der Waals surface area contributed by atoms with Crippen molar-refractivity contribution in [1.29, 1.82) is 0 Å². The molecular weight excluding hydrogens is 390 g/mol. The quantitative estimate of drug-likeness (QED) is 0.426. The molecule has 4 rings (SSSR count). The summed E-state index contributed by atoms with van der Waals surface area (Å²) in [6, 6.07) is 11.3. The first-order valence-electron chi connectivity index (χ1n) is 10.9. The van der Waals surface area contributed by atoms with E-state index in [0.717, 1.165) is 47.4 Å². The smallest absolute Gasteiger partial charge is 0.274 e. The van der Waals surface area contributed by atoms with Gasteiger partial charge in [-0.05, 0) is 63.2 Å². The summed E-state index contributed by atoms with van der Waals surface area (Å²) >= 11 is 0. The van der Waals surface area contributed by atoms with Crippen LogP contribution >= 0.6 is 0 Å². The topological polar surface area (TPSA) is 79.4 Å². The van der Waals surface area contributed by atoms with Gasteiger partial charge in [-0.3, -0.25) is 14.6 Å². The van der Waals surface area contributed by atoms with E-state index < -0.39 is 0 Å². The van der Waals surface area contributed by atoms with Gasteiger partial charge >= 0.3 is 0 Å². The number of anilines is 1. The first-order chi connectivity index (χ1) is 15.2. The molecule has 0 saturated carbocycles. The molecule has 7 heteroatoms. The van der Waals surface area contributed by atoms with Crippen molar-refractivity contribution in [3.05, 3.63) is 54.4 Å². The van der Waals surface area contributed by atoms with Crippen molar-refractivity contribution in [2.45, 2.75) is 25.7 Å². The van der Waals surface area contributed by atoms with Crippen LogP contribution in [0.3, 0.4) is 0 Å². The number of hydroxylamine groups is 1. The number of benzene rings is 1. The minimum atomic E-state index is -0.275. The first-order valence-corrected chi connectivity index (χ1v) is 10.9. The maximum Gasteiger partial charge on any atom is 0.274 e. The zero-order chi connectivity index (χ0) is 21.5. The summed E-state index contributed by atoms with van der Waals surface area (Å²) in [4.78, 5) is 28.2. The van der Waals surface area contributed by atoms with Crippen molar-refractivity contribution >= 4 is 22.5 Å². The predicted octanol–water partition coefficient (Wildman–Crippen LogP) is 3.88. The SMILES string of the molecule is CONC(=O)c1ccc(-c2cc(NCCCN3CCCCC3)c3cnccc3n2)cc1. The van der Waals surface area contributed by atoms with Crippen LogP contribution in [0.1, 0.15) is 36.0 Å². The van der Waals surface area contributed by atoms with Gasteiger partial charge in [0.15, 0.2) is 0 Å². The number of piperidine rings is 1. The van der Waals surface area contributed by atoms with Gasteiger partial charge < -0.3 is 10.2 Å². The molecule has 0 atom stereocenters. The first kappa shape index (κ1) is 21.2. The Bertz CT molecular complexity index is 1020. The van der Waals surface area contributed by atoms with Gasteiger partial charge in [0.2, 0.25) is 0 Å². The van der Waals surface area contributed by atoms with Crippen LogP contribution < -0.4 is 10.8 Å². The van der Waals surface area contributed by atoms with Crippen LogP contribution in [0.4, 0.5) is 5.69 Å². The molecule has 1 aromatic carbocycles. The molecule has 0 aliphatic carbocycles. The Hall–Kier alpha value is -3.03. The Morgan fingerprint density at radius 1 is 1.13 bits per heavy atom. The highest BCUT2D eigenvalue weighted by molar-refractivity contribution is 5.95. The number of pyridine rings is 2. The Morgan fingerprint density at radius 3 is 2.71 bits per heavy atom. The van der Waals surface area contributed by atoms with Crippen molar-refractivity contribution in [2.24, 2.45) is 0 Å². The molecule has 3 heterocycles. The number of hydrogen-bond acceptors (Lipinski definition) is 6. The summed E-state index contributed by atoms with van der Waals surface area (Å²) < 4.78 is 0. The van der Waals surface area contributed by atoms with Gasteiger partial charge in [-0.1, -0.05) is 18.6 Å². The van der Waals surface area contributed by atoms with Crippen LogP contribution in [0.15, 0.2) is 48.8 Å². The van der Waals surface area contributed by atoms with Gasteiger partial charge in [-0.15, -0.1) is 0 Å². The summed E-state index contributed by atoms with van der Waals surface area (Å²) in [7, 11) is 1.42. The number of aromatic nitrogens is 2. The number of nitrogens with zero attached hydrogens (tertiary/aromatic N) is 3. The van der Waals surface area contributed by atoms with Crippen molar-refractivity contribution < 1.29 is 9.63 Å². The molecule has 1 aliphatic rings. The lowest BCUT2D eigenvalue weighted by molar-refractivity contribution is 0.0537. The summed E-state index contributed by atoms with van der Waals surface area (Å²) in [6.45, 7) is 4.49. The van der Waals surface area contributed by atoms with Crippen LogP contribution in [0.25, 0.3) is 22.2 Å². The van der Waals surface area contributed by atoms with E-state index in [1.807, 2.05) is 24.4 Å². The normalized spacial score (nSPS) is 14.5. The lowest BCUT2D eigenvalue weighted by atomic mass is 10.1. The number of rotatable bonds is 8. The summed E-state index contributed by atoms with van der Waals surface area (Å²) in [5.74, 6) is -0.275. The maximum absolute atomic E-state index is 11.9. The minimum absolute atomic E-state index is 0.275. The highest BCUT2D eigenvalue weighted by atomic mass is 16.6. The lowest BCUT2D eigenvalue weighted by Gasteiger charge is -2.26. The second-order valence-corrected chi connectivity index (χ2v) is 7.84. The molecule has 1 fully saturated rings. The second-order valence-electron chi connectivity index (χ2n) is 7.84. The Kier molecular flexibility index (Phi) is 7.07. The van der Waals surface area contributed by atoms with Crippen LogP contribution in [-0.2, 0) is 4.84 Å². The van der Waals surface area contributed by atoms with Crippen LogP contribution in [0.5, 0.6) is 0 Å². The lowest BCUT2D eigenvalue weighted by Crippen LogP contribution is -2.31. The van der Waals surface area contributed by atoms with E-state index in [0.29, 0.717) is 5.56 Å². The third-order valence-electron chi connectivity index (χ3n) is 5.66. The molecule has 2 N–H and O–H groups in total. The van der Waals surface area contributed by atoms with E-state index in [2.05, 4.69) is 26.7 Å². The van der Waals surface area contributed by atoms with Crippen molar-refractivity contribution in [1.82, 2.24) is 20.3 Å². The van der Waals surface area contributed by atoms with Crippen LogP contribution in [-0.4, -0.2) is 54.1 Å². The molecule has 7 nitrogen and oxygen atoms in total. The van der Waals surface area contributed by atoms with Crippen molar-refractivity contribution in [3.8, 4) is 11.3 Å². The van der Waals surface area contributed by atoms with Crippen LogP contribution in [0.2, 0.25) is 0 Å². The van der Waals surface area contributed by atoms with Gasteiger partial charge in [0.25, 0.3) is 5.91 Å². The molecular formula is C24H29N5O2. The Morgan fingerprint density at radius 2 is 1.94 bits per heavy atom. The number of likely N-dealkylation sites (tertiary alicyclic amines) is 1. The number of nitrogens with one attached hydrogen (secondary N) is 2. The summed E-state index contributed by atoms with van der Waals surface area (Å²) in [6.07, 6.45) is 8.73. The number of fused-ring (bicyclic) bond motifs is 1. The maximum atomic E-state index is 11.9. The van der Waals surface area contributed by atoms with E-state index in [1.54, 1.807) is 18.3 Å². The molecule has 3 aromatic rings. The summed E-state index contributed by atoms with van der Waals surface area (Å²) in [5, 5.41) is 4.61. The molecule has 0 spiro atoms. The summed E-state index contributed by atoms with van der Waals surface area (Å²) in [5.41, 5.74) is 6.60. The van der Waals surface area contributed by atoms with E-state index >= 15 is 0 Å². The Balaban J connectivity index is 1.50. The fourth-order valence-corrected chi connectivity index (χ4v) is 4.02. The van der Waals surface area contributed by atoms with E-state index in [1.165, 1.54) is 39.5 Å². The zero-order valence-corrected chi connectivity index (χ0v) is 17.9. The third-order valence-corrected chi connectivity index (χ3v) is 5.66. The standard InChI is InChI=1S/C24H29N5O2/c1-31-28-24(30)19-8-6-18(7-9-19)22-16-23(20-17-25-12-10-21(20)27-22)26-11-5-15-29-13-3-2-4-14-29/h6-10,12,16-17H,2-5,11,13-15H2,1H3,(H,26,27)(H,28,30). The number of hydrogen-bond donors (Lipinski definition) is 2. The van der Waals surface area contributed by atoms with Crippen LogP contribution in [0, 0.1) is 0 Å². The minimum Gasteiger partial charge on any atom is -0.384 e. The van der Waals surface area contributed by atoms with Gasteiger partial charge in [-0.25, -0.2) is 10.5 Å². The van der Waals surface area contributed by atoms with E-state index in [9.17, 15) is 4.79 Å². The number of amides is 1. The fraction of sp³-hybridized carbons (Fsp3) is 0.375. The molecule has 0 unspecified atom stereocenters. The average molecular weight is 420 g/mol. The van der Waals surface area contributed by atoms with Gasteiger partial charge in [0.05, 0.1) is 18.3 Å². The van der Waals surface area contributed by atoms with E-state index in [-0.39, 0.29) is 5.91 Å². The molecule has 2 aromatic heterocycles. The van der Waals surface area contributed by atoms with E-state index in [4.69, 9.17) is 9.82 Å². The molecule has 31 heavy (non-hydrogen) atoms. The highest BCUT2D eigenvalue weighted by Crippen LogP contribution is 2.28. The largest absolute Gasteiger partial charge is 0.384 e. The Labute approximate surface area is 182 Å². The van der Waals surface area contributed by atoms with Crippen molar-refractivity contribution in [3.63, 3.8) is 0 Å². The number of carbonyl (C=O) groups is 1. The molecule has 1 amide bonds. The molecule has 1 saturated heterocycles. The average Bonchev–Trinajstić information content (AvgIpc) is 2.82. The molecule has 162 valence electrons.